The zero-order valence-electron chi connectivity index (χ0n) is 16.1. The van der Waals surface area contributed by atoms with Gasteiger partial charge in [-0.25, -0.2) is 9.36 Å². The Morgan fingerprint density at radius 3 is 1.87 bits per heavy atom. The molecular weight excluding hydrogens is 396 g/mol. The van der Waals surface area contributed by atoms with Gasteiger partial charge in [0.05, 0.1) is 18.0 Å². The van der Waals surface area contributed by atoms with Crippen molar-refractivity contribution in [3.8, 4) is 5.95 Å². The molecule has 0 bridgehead atoms. The summed E-state index contributed by atoms with van der Waals surface area (Å²) >= 11 is 0. The zero-order valence-corrected chi connectivity index (χ0v) is 16.1. The number of aldehydes is 1. The molecule has 0 aliphatic heterocycles. The van der Waals surface area contributed by atoms with Gasteiger partial charge in [0.25, 0.3) is 0 Å². The highest BCUT2D eigenvalue weighted by molar-refractivity contribution is 5.88. The van der Waals surface area contributed by atoms with E-state index in [-0.39, 0.29) is 11.5 Å². The molecule has 0 radical (unpaired) electrons. The number of carbonyl (C=O) groups excluding carboxylic acids is 1. The maximum Gasteiger partial charge on any atom is 0.444 e. The van der Waals surface area contributed by atoms with Gasteiger partial charge in [0.2, 0.25) is 0 Å². The summed E-state index contributed by atoms with van der Waals surface area (Å²) in [5, 5.41) is 15.2. The SMILES string of the molecule is O=Cc1ccc(Nc2nc(Nc3ccc(C(=O)O)cc3)nc(-[n+]3ccccc3)n2)cc1. The van der Waals surface area contributed by atoms with Gasteiger partial charge in [-0.2, -0.15) is 0 Å². The Morgan fingerprint density at radius 1 is 0.806 bits per heavy atom. The lowest BCUT2D eigenvalue weighted by atomic mass is 10.2. The third-order valence-electron chi connectivity index (χ3n) is 4.26. The molecule has 0 unspecified atom stereocenters. The standard InChI is InChI=1S/C22H16N6O3/c29-14-15-4-8-17(9-5-15)23-20-25-21(24-18-10-6-16(7-11-18)19(30)31)27-22(26-20)28-12-2-1-3-13-28/h1-14H,(H2-,23,24,25,26,27,29,30,31)/p+1. The van der Waals surface area contributed by atoms with E-state index >= 15 is 0 Å². The average Bonchev–Trinajstić information content (AvgIpc) is 2.80. The molecule has 0 fully saturated rings. The predicted octanol–water partition coefficient (Wildman–Crippen LogP) is 3.15. The second-order valence-electron chi connectivity index (χ2n) is 6.44. The van der Waals surface area contributed by atoms with Crippen LogP contribution in [0.1, 0.15) is 20.7 Å². The first kappa shape index (κ1) is 19.6. The highest BCUT2D eigenvalue weighted by atomic mass is 16.4. The Morgan fingerprint density at radius 2 is 1.35 bits per heavy atom. The van der Waals surface area contributed by atoms with Gasteiger partial charge in [-0.15, -0.1) is 4.98 Å². The number of carboxylic acids is 1. The number of nitrogens with one attached hydrogen (secondary N) is 2. The van der Waals surface area contributed by atoms with Crippen molar-refractivity contribution in [2.24, 2.45) is 0 Å². The summed E-state index contributed by atoms with van der Waals surface area (Å²) < 4.78 is 1.74. The normalized spacial score (nSPS) is 10.3. The van der Waals surface area contributed by atoms with Crippen LogP contribution in [0.15, 0.2) is 79.1 Å². The lowest BCUT2D eigenvalue weighted by Crippen LogP contribution is -2.32. The number of aromatic carboxylic acids is 1. The van der Waals surface area contributed by atoms with E-state index in [9.17, 15) is 9.59 Å². The molecule has 0 saturated carbocycles. The number of pyridine rings is 1. The van der Waals surface area contributed by atoms with Gasteiger partial charge >= 0.3 is 23.8 Å². The van der Waals surface area contributed by atoms with Crippen LogP contribution >= 0.6 is 0 Å². The number of benzene rings is 2. The summed E-state index contributed by atoms with van der Waals surface area (Å²) in [6.07, 6.45) is 4.39. The van der Waals surface area contributed by atoms with Crippen molar-refractivity contribution in [1.82, 2.24) is 15.0 Å². The molecule has 9 nitrogen and oxygen atoms in total. The molecule has 9 heteroatoms. The molecule has 0 saturated heterocycles. The monoisotopic (exact) mass is 413 g/mol. The summed E-state index contributed by atoms with van der Waals surface area (Å²) in [5.74, 6) is -0.0462. The van der Waals surface area contributed by atoms with Gasteiger partial charge in [-0.05, 0) is 70.6 Å². The van der Waals surface area contributed by atoms with Crippen molar-refractivity contribution in [1.29, 1.82) is 0 Å². The number of carbonyl (C=O) groups is 2. The maximum absolute atomic E-state index is 11.0. The van der Waals surface area contributed by atoms with E-state index in [1.54, 1.807) is 41.0 Å². The van der Waals surface area contributed by atoms with Crippen LogP contribution in [-0.4, -0.2) is 32.3 Å². The average molecular weight is 413 g/mol. The molecule has 2 aromatic heterocycles. The summed E-state index contributed by atoms with van der Waals surface area (Å²) in [6, 6.07) is 18.7. The van der Waals surface area contributed by atoms with Crippen LogP contribution in [0.2, 0.25) is 0 Å². The lowest BCUT2D eigenvalue weighted by Gasteiger charge is -2.06. The Balaban J connectivity index is 1.67. The Bertz CT molecular complexity index is 1210. The minimum atomic E-state index is -0.999. The minimum absolute atomic E-state index is 0.183. The molecule has 2 heterocycles. The number of anilines is 4. The quantitative estimate of drug-likeness (QED) is 0.312. The molecule has 0 atom stereocenters. The molecule has 4 rings (SSSR count). The summed E-state index contributed by atoms with van der Waals surface area (Å²) in [4.78, 5) is 35.2. The second kappa shape index (κ2) is 8.78. The van der Waals surface area contributed by atoms with Crippen molar-refractivity contribution in [2.75, 3.05) is 10.6 Å². The van der Waals surface area contributed by atoms with E-state index in [4.69, 9.17) is 5.11 Å². The smallest absolute Gasteiger partial charge is 0.444 e. The highest BCUT2D eigenvalue weighted by Crippen LogP contribution is 2.18. The van der Waals surface area contributed by atoms with E-state index in [1.165, 1.54) is 12.1 Å². The first-order chi connectivity index (χ1) is 15.1. The Labute approximate surface area is 177 Å². The van der Waals surface area contributed by atoms with Crippen LogP contribution in [0.4, 0.5) is 23.3 Å². The lowest BCUT2D eigenvalue weighted by molar-refractivity contribution is -0.603. The van der Waals surface area contributed by atoms with E-state index in [1.807, 2.05) is 30.6 Å². The van der Waals surface area contributed by atoms with Crippen LogP contribution in [0.3, 0.4) is 0 Å². The molecule has 152 valence electrons. The molecule has 4 aromatic rings. The fraction of sp³-hybridized carbons (Fsp3) is 0. The van der Waals surface area contributed by atoms with E-state index in [2.05, 4.69) is 25.6 Å². The van der Waals surface area contributed by atoms with Gasteiger partial charge in [0, 0.05) is 16.9 Å². The third kappa shape index (κ3) is 4.85. The number of hydrogen-bond acceptors (Lipinski definition) is 7. The van der Waals surface area contributed by atoms with Crippen molar-refractivity contribution < 1.29 is 19.3 Å². The number of aromatic nitrogens is 4. The van der Waals surface area contributed by atoms with E-state index < -0.39 is 5.97 Å². The van der Waals surface area contributed by atoms with E-state index in [0.29, 0.717) is 28.8 Å². The number of carboxylic acid groups (broad SMARTS) is 1. The molecule has 31 heavy (non-hydrogen) atoms. The van der Waals surface area contributed by atoms with Crippen molar-refractivity contribution in [3.63, 3.8) is 0 Å². The summed E-state index contributed by atoms with van der Waals surface area (Å²) in [6.45, 7) is 0. The predicted molar refractivity (Wildman–Crippen MR) is 113 cm³/mol. The number of rotatable bonds is 7. The van der Waals surface area contributed by atoms with Crippen LogP contribution in [0.5, 0.6) is 0 Å². The topological polar surface area (TPSA) is 121 Å². The summed E-state index contributed by atoms with van der Waals surface area (Å²) in [7, 11) is 0. The molecule has 0 amide bonds. The molecular formula is C22H17N6O3+. The fourth-order valence-electron chi connectivity index (χ4n) is 2.72. The highest BCUT2D eigenvalue weighted by Gasteiger charge is 2.18. The second-order valence-corrected chi connectivity index (χ2v) is 6.44. The summed E-state index contributed by atoms with van der Waals surface area (Å²) in [5.41, 5.74) is 2.08. The fourth-order valence-corrected chi connectivity index (χ4v) is 2.72. The van der Waals surface area contributed by atoms with Crippen molar-refractivity contribution in [2.45, 2.75) is 0 Å². The van der Waals surface area contributed by atoms with Crippen LogP contribution in [-0.2, 0) is 0 Å². The first-order valence-corrected chi connectivity index (χ1v) is 9.26. The van der Waals surface area contributed by atoms with E-state index in [0.717, 1.165) is 6.29 Å². The largest absolute Gasteiger partial charge is 0.478 e. The van der Waals surface area contributed by atoms with Gasteiger partial charge in [-0.3, -0.25) is 4.79 Å². The zero-order chi connectivity index (χ0) is 21.6. The maximum atomic E-state index is 11.0. The van der Waals surface area contributed by atoms with Crippen LogP contribution in [0, 0.1) is 0 Å². The Kier molecular flexibility index (Phi) is 5.57. The minimum Gasteiger partial charge on any atom is -0.478 e. The number of nitrogens with zero attached hydrogens (tertiary/aromatic N) is 4. The van der Waals surface area contributed by atoms with Crippen molar-refractivity contribution in [3.05, 3.63) is 90.3 Å². The molecule has 2 aromatic carbocycles. The van der Waals surface area contributed by atoms with Crippen LogP contribution < -0.4 is 15.2 Å². The first-order valence-electron chi connectivity index (χ1n) is 9.26. The number of hydrogen-bond donors (Lipinski definition) is 3. The third-order valence-corrected chi connectivity index (χ3v) is 4.26. The van der Waals surface area contributed by atoms with Crippen molar-refractivity contribution >= 4 is 35.5 Å². The van der Waals surface area contributed by atoms with Gasteiger partial charge in [0.1, 0.15) is 6.29 Å². The molecule has 0 spiro atoms. The van der Waals surface area contributed by atoms with Crippen LogP contribution in [0.25, 0.3) is 5.95 Å². The van der Waals surface area contributed by atoms with Gasteiger partial charge in [-0.1, -0.05) is 6.07 Å². The Hall–Kier alpha value is -4.66. The molecule has 0 aliphatic carbocycles. The molecule has 3 N–H and O–H groups in total. The molecule has 0 aliphatic rings. The van der Waals surface area contributed by atoms with Gasteiger partial charge < -0.3 is 15.7 Å². The van der Waals surface area contributed by atoms with Gasteiger partial charge in [0.15, 0.2) is 0 Å².